The fourth-order valence-electron chi connectivity index (χ4n) is 4.19. The molecule has 41 heavy (non-hydrogen) atoms. The molecule has 0 fully saturated rings. The number of anilines is 1. The zero-order valence-corrected chi connectivity index (χ0v) is 22.4. The molecular weight excluding hydrogens is 563 g/mol. The van der Waals surface area contributed by atoms with Crippen molar-refractivity contribution in [1.82, 2.24) is 20.0 Å². The summed E-state index contributed by atoms with van der Waals surface area (Å²) < 4.78 is 71.8. The van der Waals surface area contributed by atoms with E-state index < -0.39 is 44.7 Å². The second-order valence-electron chi connectivity index (χ2n) is 9.98. The molecule has 2 aromatic heterocycles. The van der Waals surface area contributed by atoms with E-state index in [1.807, 2.05) is 0 Å². The van der Waals surface area contributed by atoms with Crippen molar-refractivity contribution in [1.29, 1.82) is 5.26 Å². The molecule has 212 valence electrons. The number of fused-ring (bicyclic) bond motifs is 1. The predicted molar refractivity (Wildman–Crippen MR) is 138 cm³/mol. The number of rotatable bonds is 5. The number of nitriles is 1. The van der Waals surface area contributed by atoms with Crippen molar-refractivity contribution in [2.75, 3.05) is 10.7 Å². The standard InChI is InChI=1S/C26H22F3N7O4S/c1-25(2,14-30)24-34-33-22(40-24)16-5-8-21-20(9-16)35(23(37)19(31)13-41(21,38)39)11-15-3-6-18(7-4-15)36-12-17(10-32-36)26(27,28)29/h3-10,12,19H,11,13,31H2,1-2H3/t19-/m0/s1. The van der Waals surface area contributed by atoms with E-state index in [0.717, 1.165) is 10.9 Å². The first-order chi connectivity index (χ1) is 19.2. The van der Waals surface area contributed by atoms with Gasteiger partial charge in [-0.15, -0.1) is 10.2 Å². The van der Waals surface area contributed by atoms with E-state index in [2.05, 4.69) is 21.4 Å². The lowest BCUT2D eigenvalue weighted by atomic mass is 9.96. The molecule has 1 aliphatic heterocycles. The molecule has 0 bridgehead atoms. The summed E-state index contributed by atoms with van der Waals surface area (Å²) in [5, 5.41) is 21.0. The maximum atomic E-state index is 13.3. The summed E-state index contributed by atoms with van der Waals surface area (Å²) in [5.41, 5.74) is 5.28. The summed E-state index contributed by atoms with van der Waals surface area (Å²) in [7, 11) is -3.96. The third-order valence-electron chi connectivity index (χ3n) is 6.50. The van der Waals surface area contributed by atoms with E-state index in [1.165, 1.54) is 35.2 Å². The van der Waals surface area contributed by atoms with Gasteiger partial charge in [0.15, 0.2) is 9.84 Å². The van der Waals surface area contributed by atoms with Gasteiger partial charge < -0.3 is 15.1 Å². The number of nitrogens with zero attached hydrogens (tertiary/aromatic N) is 6. The van der Waals surface area contributed by atoms with Gasteiger partial charge in [0, 0.05) is 11.8 Å². The average molecular weight is 586 g/mol. The molecule has 0 aliphatic carbocycles. The van der Waals surface area contributed by atoms with Crippen molar-refractivity contribution >= 4 is 21.4 Å². The number of amides is 1. The summed E-state index contributed by atoms with van der Waals surface area (Å²) in [5.74, 6) is -1.17. The van der Waals surface area contributed by atoms with Gasteiger partial charge in [0.2, 0.25) is 17.7 Å². The fourth-order valence-corrected chi connectivity index (χ4v) is 5.75. The molecule has 2 aromatic carbocycles. The number of hydrogen-bond donors (Lipinski definition) is 1. The molecule has 1 aliphatic rings. The molecule has 1 atom stereocenters. The van der Waals surface area contributed by atoms with Crippen LogP contribution in [0.3, 0.4) is 0 Å². The minimum atomic E-state index is -4.54. The Bertz CT molecular complexity index is 1790. The minimum absolute atomic E-state index is 0.0197. The van der Waals surface area contributed by atoms with Gasteiger partial charge in [-0.3, -0.25) is 4.79 Å². The lowest BCUT2D eigenvalue weighted by Gasteiger charge is -2.24. The number of sulfone groups is 1. The molecule has 4 aromatic rings. The minimum Gasteiger partial charge on any atom is -0.419 e. The number of alkyl halides is 3. The molecule has 2 N–H and O–H groups in total. The van der Waals surface area contributed by atoms with Crippen LogP contribution >= 0.6 is 0 Å². The largest absolute Gasteiger partial charge is 0.419 e. The molecule has 0 unspecified atom stereocenters. The van der Waals surface area contributed by atoms with Crippen LogP contribution < -0.4 is 10.6 Å². The lowest BCUT2D eigenvalue weighted by molar-refractivity contribution is -0.137. The highest BCUT2D eigenvalue weighted by Gasteiger charge is 2.37. The van der Waals surface area contributed by atoms with Crippen LogP contribution in [-0.2, 0) is 32.8 Å². The van der Waals surface area contributed by atoms with Crippen LogP contribution in [0, 0.1) is 11.3 Å². The Morgan fingerprint density at radius 1 is 1.15 bits per heavy atom. The van der Waals surface area contributed by atoms with E-state index in [9.17, 15) is 31.6 Å². The van der Waals surface area contributed by atoms with Crippen molar-refractivity contribution in [2.45, 2.75) is 42.9 Å². The van der Waals surface area contributed by atoms with E-state index >= 15 is 0 Å². The van der Waals surface area contributed by atoms with Crippen LogP contribution in [0.15, 0.2) is 64.2 Å². The summed E-state index contributed by atoms with van der Waals surface area (Å²) in [4.78, 5) is 14.4. The van der Waals surface area contributed by atoms with Gasteiger partial charge in [-0.25, -0.2) is 13.1 Å². The highest BCUT2D eigenvalue weighted by Crippen LogP contribution is 2.36. The molecular formula is C26H22F3N7O4S. The highest BCUT2D eigenvalue weighted by atomic mass is 32.2. The van der Waals surface area contributed by atoms with Gasteiger partial charge in [-0.05, 0) is 49.7 Å². The molecule has 1 amide bonds. The van der Waals surface area contributed by atoms with Crippen molar-refractivity contribution in [3.63, 3.8) is 0 Å². The zero-order valence-electron chi connectivity index (χ0n) is 21.6. The average Bonchev–Trinajstić information content (AvgIpc) is 3.61. The Morgan fingerprint density at radius 3 is 2.49 bits per heavy atom. The van der Waals surface area contributed by atoms with E-state index in [1.54, 1.807) is 26.0 Å². The third-order valence-corrected chi connectivity index (χ3v) is 8.32. The number of benzene rings is 2. The Hall–Kier alpha value is -4.55. The lowest BCUT2D eigenvalue weighted by Crippen LogP contribution is -2.45. The number of nitrogens with two attached hydrogens (primary N) is 1. The summed E-state index contributed by atoms with van der Waals surface area (Å²) in [6, 6.07) is 11.1. The Balaban J connectivity index is 1.52. The van der Waals surface area contributed by atoms with Crippen LogP contribution in [0.4, 0.5) is 18.9 Å². The second kappa shape index (κ2) is 9.82. The van der Waals surface area contributed by atoms with Crippen LogP contribution in [0.25, 0.3) is 17.1 Å². The van der Waals surface area contributed by atoms with Crippen molar-refractivity contribution in [3.8, 4) is 23.2 Å². The second-order valence-corrected chi connectivity index (χ2v) is 12.0. The molecule has 0 spiro atoms. The normalized spacial score (nSPS) is 17.1. The topological polar surface area (TPSA) is 161 Å². The van der Waals surface area contributed by atoms with E-state index in [0.29, 0.717) is 23.0 Å². The van der Waals surface area contributed by atoms with Crippen LogP contribution in [0.1, 0.15) is 30.9 Å². The molecule has 0 saturated carbocycles. The zero-order chi connectivity index (χ0) is 29.7. The number of hydrogen-bond acceptors (Lipinski definition) is 9. The summed E-state index contributed by atoms with van der Waals surface area (Å²) >= 11 is 0. The Morgan fingerprint density at radius 2 is 1.85 bits per heavy atom. The number of halogens is 3. The fraction of sp³-hybridized carbons (Fsp3) is 0.269. The van der Waals surface area contributed by atoms with Gasteiger partial charge in [-0.1, -0.05) is 12.1 Å². The van der Waals surface area contributed by atoms with Gasteiger partial charge in [0.25, 0.3) is 0 Å². The summed E-state index contributed by atoms with van der Waals surface area (Å²) in [6.07, 6.45) is -2.96. The smallest absolute Gasteiger partial charge is 0.419 e. The molecule has 0 saturated heterocycles. The number of aromatic nitrogens is 4. The number of carbonyl (C=O) groups excluding carboxylic acids is 1. The van der Waals surface area contributed by atoms with Gasteiger partial charge in [0.05, 0.1) is 52.4 Å². The third kappa shape index (κ3) is 5.31. The highest BCUT2D eigenvalue weighted by molar-refractivity contribution is 7.91. The van der Waals surface area contributed by atoms with Gasteiger partial charge in [-0.2, -0.15) is 23.5 Å². The first-order valence-electron chi connectivity index (χ1n) is 12.1. The van der Waals surface area contributed by atoms with Crippen LogP contribution in [0.5, 0.6) is 0 Å². The quantitative estimate of drug-likeness (QED) is 0.370. The maximum absolute atomic E-state index is 13.3. The Labute approximate surface area is 231 Å². The first kappa shape index (κ1) is 28.0. The monoisotopic (exact) mass is 585 g/mol. The molecule has 15 heteroatoms. The van der Waals surface area contributed by atoms with E-state index in [4.69, 9.17) is 10.2 Å². The van der Waals surface area contributed by atoms with Gasteiger partial charge >= 0.3 is 6.18 Å². The van der Waals surface area contributed by atoms with Gasteiger partial charge in [0.1, 0.15) is 5.41 Å². The van der Waals surface area contributed by atoms with Crippen LogP contribution in [0.2, 0.25) is 0 Å². The maximum Gasteiger partial charge on any atom is 0.419 e. The molecule has 11 nitrogen and oxygen atoms in total. The predicted octanol–water partition coefficient (Wildman–Crippen LogP) is 3.39. The number of carbonyl (C=O) groups is 1. The van der Waals surface area contributed by atoms with Crippen molar-refractivity contribution in [2.24, 2.45) is 5.73 Å². The SMILES string of the molecule is CC(C)(C#N)c1nnc(-c2ccc3c(c2)N(Cc2ccc(-n4cc(C(F)(F)F)cn4)cc2)C(=O)[C@@H](N)CS3(=O)=O)o1. The van der Waals surface area contributed by atoms with E-state index in [-0.39, 0.29) is 28.9 Å². The van der Waals surface area contributed by atoms with Crippen molar-refractivity contribution in [3.05, 3.63) is 71.9 Å². The Kier molecular flexibility index (Phi) is 6.71. The summed E-state index contributed by atoms with van der Waals surface area (Å²) in [6.45, 7) is 3.10. The van der Waals surface area contributed by atoms with Crippen LogP contribution in [-0.4, -0.2) is 46.1 Å². The van der Waals surface area contributed by atoms with Crippen molar-refractivity contribution < 1.29 is 30.8 Å². The molecule has 0 radical (unpaired) electrons. The molecule has 3 heterocycles. The molecule has 5 rings (SSSR count). The first-order valence-corrected chi connectivity index (χ1v) is 13.8.